The third-order valence-electron chi connectivity index (χ3n) is 2.50. The molecule has 0 aromatic rings. The van der Waals surface area contributed by atoms with Gasteiger partial charge >= 0.3 is 0 Å². The van der Waals surface area contributed by atoms with Crippen molar-refractivity contribution in [2.45, 2.75) is 40.2 Å². The van der Waals surface area contributed by atoms with E-state index in [0.29, 0.717) is 12.6 Å². The molecule has 0 heterocycles. The largest absolute Gasteiger partial charge is 0.304 e. The van der Waals surface area contributed by atoms with Crippen molar-refractivity contribution in [1.29, 1.82) is 0 Å². The highest BCUT2D eigenvalue weighted by Crippen LogP contribution is 2.20. The molecule has 0 aliphatic heterocycles. The molecule has 3 heteroatoms. The predicted molar refractivity (Wildman–Crippen MR) is 56.3 cm³/mol. The fourth-order valence-corrected chi connectivity index (χ4v) is 1.03. The van der Waals surface area contributed by atoms with E-state index in [4.69, 9.17) is 5.90 Å². The van der Waals surface area contributed by atoms with Gasteiger partial charge in [0.05, 0.1) is 6.61 Å². The van der Waals surface area contributed by atoms with Crippen molar-refractivity contribution in [2.75, 3.05) is 20.2 Å². The quantitative estimate of drug-likeness (QED) is 0.644. The first-order valence-corrected chi connectivity index (χ1v) is 4.91. The monoisotopic (exact) mass is 188 g/mol. The first-order chi connectivity index (χ1) is 5.89. The summed E-state index contributed by atoms with van der Waals surface area (Å²) in [7, 11) is 2.14. The van der Waals surface area contributed by atoms with E-state index >= 15 is 0 Å². The molecule has 0 spiro atoms. The molecule has 0 unspecified atom stereocenters. The Balaban J connectivity index is 3.73. The van der Waals surface area contributed by atoms with Crippen LogP contribution in [-0.4, -0.2) is 31.1 Å². The number of hydrogen-bond donors (Lipinski definition) is 1. The third kappa shape index (κ3) is 6.02. The van der Waals surface area contributed by atoms with Crippen molar-refractivity contribution in [1.82, 2.24) is 4.90 Å². The van der Waals surface area contributed by atoms with Crippen LogP contribution in [0.3, 0.4) is 0 Å². The van der Waals surface area contributed by atoms with E-state index in [0.717, 1.165) is 13.0 Å². The highest BCUT2D eigenvalue weighted by atomic mass is 16.6. The Hall–Kier alpha value is -0.120. The summed E-state index contributed by atoms with van der Waals surface area (Å²) in [5.74, 6) is 5.07. The Bertz CT molecular complexity index is 135. The topological polar surface area (TPSA) is 38.5 Å². The molecule has 0 rings (SSSR count). The molecule has 0 atom stereocenters. The van der Waals surface area contributed by atoms with Crippen LogP contribution in [0.2, 0.25) is 0 Å². The Labute approximate surface area is 82.2 Å². The fraction of sp³-hybridized carbons (Fsp3) is 1.00. The molecule has 0 radical (unpaired) electrons. The molecule has 0 saturated carbocycles. The summed E-state index contributed by atoms with van der Waals surface area (Å²) in [5.41, 5.74) is 0.178. The highest BCUT2D eigenvalue weighted by molar-refractivity contribution is 4.70. The fourth-order valence-electron chi connectivity index (χ4n) is 1.03. The van der Waals surface area contributed by atoms with Crippen molar-refractivity contribution < 1.29 is 4.84 Å². The molecule has 0 bridgehead atoms. The second-order valence-electron chi connectivity index (χ2n) is 4.80. The molecular formula is C10H24N2O. The van der Waals surface area contributed by atoms with Crippen LogP contribution in [0.4, 0.5) is 0 Å². The van der Waals surface area contributed by atoms with Crippen molar-refractivity contribution in [3.05, 3.63) is 0 Å². The van der Waals surface area contributed by atoms with E-state index in [2.05, 4.69) is 44.5 Å². The lowest BCUT2D eigenvalue weighted by Gasteiger charge is -2.28. The minimum Gasteiger partial charge on any atom is -0.304 e. The maximum absolute atomic E-state index is 5.07. The van der Waals surface area contributed by atoms with Gasteiger partial charge in [-0.15, -0.1) is 0 Å². The van der Waals surface area contributed by atoms with Gasteiger partial charge in [-0.05, 0) is 39.3 Å². The van der Waals surface area contributed by atoms with Gasteiger partial charge in [-0.3, -0.25) is 0 Å². The molecule has 0 fully saturated rings. The summed E-state index contributed by atoms with van der Waals surface area (Å²) in [6.45, 7) is 10.5. The normalized spacial score (nSPS) is 12.9. The van der Waals surface area contributed by atoms with E-state index in [-0.39, 0.29) is 5.41 Å². The van der Waals surface area contributed by atoms with Gasteiger partial charge in [0.1, 0.15) is 0 Å². The highest BCUT2D eigenvalue weighted by Gasteiger charge is 2.18. The SMILES string of the molecule is CC(C)N(C)CCC(C)(C)CON. The van der Waals surface area contributed by atoms with Crippen LogP contribution >= 0.6 is 0 Å². The molecule has 13 heavy (non-hydrogen) atoms. The summed E-state index contributed by atoms with van der Waals surface area (Å²) >= 11 is 0. The molecule has 0 saturated heterocycles. The molecule has 2 N–H and O–H groups in total. The van der Waals surface area contributed by atoms with Crippen LogP contribution in [0.5, 0.6) is 0 Å². The minimum atomic E-state index is 0.178. The zero-order chi connectivity index (χ0) is 10.5. The van der Waals surface area contributed by atoms with Crippen LogP contribution in [0.1, 0.15) is 34.1 Å². The van der Waals surface area contributed by atoms with Crippen LogP contribution in [0.15, 0.2) is 0 Å². The number of nitrogens with zero attached hydrogens (tertiary/aromatic N) is 1. The van der Waals surface area contributed by atoms with Crippen molar-refractivity contribution in [3.63, 3.8) is 0 Å². The zero-order valence-corrected chi connectivity index (χ0v) is 9.63. The molecule has 0 amide bonds. The summed E-state index contributed by atoms with van der Waals surface area (Å²) in [5, 5.41) is 0. The summed E-state index contributed by atoms with van der Waals surface area (Å²) in [6, 6.07) is 0.606. The van der Waals surface area contributed by atoms with Crippen LogP contribution in [-0.2, 0) is 4.84 Å². The molecule has 0 aliphatic rings. The van der Waals surface area contributed by atoms with Crippen molar-refractivity contribution in [3.8, 4) is 0 Å². The first kappa shape index (κ1) is 12.9. The lowest BCUT2D eigenvalue weighted by Crippen LogP contribution is -2.32. The third-order valence-corrected chi connectivity index (χ3v) is 2.50. The van der Waals surface area contributed by atoms with Crippen LogP contribution < -0.4 is 5.90 Å². The Kier molecular flexibility index (Phi) is 5.53. The lowest BCUT2D eigenvalue weighted by molar-refractivity contribution is 0.0515. The van der Waals surface area contributed by atoms with Gasteiger partial charge in [0.2, 0.25) is 0 Å². The van der Waals surface area contributed by atoms with E-state index in [1.165, 1.54) is 0 Å². The second-order valence-corrected chi connectivity index (χ2v) is 4.80. The maximum atomic E-state index is 5.07. The smallest absolute Gasteiger partial charge is 0.0730 e. The van der Waals surface area contributed by atoms with Crippen LogP contribution in [0.25, 0.3) is 0 Å². The van der Waals surface area contributed by atoms with Gasteiger partial charge in [-0.25, -0.2) is 5.90 Å². The van der Waals surface area contributed by atoms with Crippen molar-refractivity contribution >= 4 is 0 Å². The molecule has 0 aromatic heterocycles. The molecule has 0 aromatic carbocycles. The van der Waals surface area contributed by atoms with E-state index in [9.17, 15) is 0 Å². The summed E-state index contributed by atoms with van der Waals surface area (Å²) in [6.07, 6.45) is 1.11. The van der Waals surface area contributed by atoms with E-state index in [1.807, 2.05) is 0 Å². The summed E-state index contributed by atoms with van der Waals surface area (Å²) in [4.78, 5) is 7.01. The molecule has 0 aliphatic carbocycles. The molecule has 3 nitrogen and oxygen atoms in total. The second kappa shape index (κ2) is 5.58. The minimum absolute atomic E-state index is 0.178. The number of hydrogen-bond acceptors (Lipinski definition) is 3. The van der Waals surface area contributed by atoms with Gasteiger partial charge < -0.3 is 9.74 Å². The molecular weight excluding hydrogens is 164 g/mol. The van der Waals surface area contributed by atoms with E-state index < -0.39 is 0 Å². The molecule has 80 valence electrons. The standard InChI is InChI=1S/C10H24N2O/c1-9(2)12(5)7-6-10(3,4)8-13-11/h9H,6-8,11H2,1-5H3. The lowest BCUT2D eigenvalue weighted by atomic mass is 9.90. The number of nitrogens with two attached hydrogens (primary N) is 1. The first-order valence-electron chi connectivity index (χ1n) is 4.91. The Morgan fingerprint density at radius 1 is 1.38 bits per heavy atom. The maximum Gasteiger partial charge on any atom is 0.0730 e. The van der Waals surface area contributed by atoms with Crippen LogP contribution in [0, 0.1) is 5.41 Å². The van der Waals surface area contributed by atoms with Gasteiger partial charge in [0, 0.05) is 6.04 Å². The van der Waals surface area contributed by atoms with Gasteiger partial charge in [-0.2, -0.15) is 0 Å². The van der Waals surface area contributed by atoms with Gasteiger partial charge in [-0.1, -0.05) is 13.8 Å². The van der Waals surface area contributed by atoms with E-state index in [1.54, 1.807) is 0 Å². The average Bonchev–Trinajstić information content (AvgIpc) is 2.00. The Morgan fingerprint density at radius 2 is 1.92 bits per heavy atom. The summed E-state index contributed by atoms with van der Waals surface area (Å²) < 4.78 is 0. The average molecular weight is 188 g/mol. The zero-order valence-electron chi connectivity index (χ0n) is 9.63. The van der Waals surface area contributed by atoms with Gasteiger partial charge in [0.25, 0.3) is 0 Å². The van der Waals surface area contributed by atoms with Gasteiger partial charge in [0.15, 0.2) is 0 Å². The Morgan fingerprint density at radius 3 is 2.31 bits per heavy atom. The van der Waals surface area contributed by atoms with Crippen molar-refractivity contribution in [2.24, 2.45) is 11.3 Å². The number of rotatable bonds is 6. The predicted octanol–water partition coefficient (Wildman–Crippen LogP) is 1.63.